The molecule has 0 bridgehead atoms. The fourth-order valence-corrected chi connectivity index (χ4v) is 2.56. The molecule has 1 aliphatic heterocycles. The fraction of sp³-hybridized carbons (Fsp3) is 0.200. The summed E-state index contributed by atoms with van der Waals surface area (Å²) in [6, 6.07) is 5.52. The van der Waals surface area contributed by atoms with E-state index in [9.17, 15) is 4.79 Å². The van der Waals surface area contributed by atoms with Crippen LogP contribution in [-0.4, -0.2) is 12.5 Å². The molecule has 1 aromatic heterocycles. The molecule has 0 aliphatic carbocycles. The van der Waals surface area contributed by atoms with Crippen molar-refractivity contribution in [2.75, 3.05) is 6.61 Å². The molecule has 6 heteroatoms. The van der Waals surface area contributed by atoms with E-state index in [1.807, 2.05) is 6.07 Å². The van der Waals surface area contributed by atoms with Gasteiger partial charge < -0.3 is 4.74 Å². The zero-order chi connectivity index (χ0) is 11.5. The smallest absolute Gasteiger partial charge is 0.268 e. The molecule has 0 saturated heterocycles. The minimum atomic E-state index is -0.250. The van der Waals surface area contributed by atoms with Crippen LogP contribution in [0.5, 0.6) is 0 Å². The van der Waals surface area contributed by atoms with Gasteiger partial charge >= 0.3 is 0 Å². The molecule has 82 valence electrons. The van der Waals surface area contributed by atoms with E-state index in [-0.39, 0.29) is 11.8 Å². The molecule has 1 aromatic rings. The van der Waals surface area contributed by atoms with Gasteiger partial charge in [0, 0.05) is 6.42 Å². The third-order valence-corrected chi connectivity index (χ3v) is 3.65. The molecule has 1 amide bonds. The van der Waals surface area contributed by atoms with E-state index in [0.717, 1.165) is 3.79 Å². The number of carbonyl (C=O) groups excluding carboxylic acids is 1. The molecular formula is C10H7BrN2O2S. The molecule has 0 spiro atoms. The van der Waals surface area contributed by atoms with Gasteiger partial charge in [-0.05, 0) is 28.1 Å². The summed E-state index contributed by atoms with van der Waals surface area (Å²) in [5.41, 5.74) is 0.490. The summed E-state index contributed by atoms with van der Waals surface area (Å²) in [4.78, 5) is 12.3. The second-order valence-electron chi connectivity index (χ2n) is 3.08. The van der Waals surface area contributed by atoms with Crippen LogP contribution in [0.3, 0.4) is 0 Å². The van der Waals surface area contributed by atoms with E-state index in [0.29, 0.717) is 23.5 Å². The van der Waals surface area contributed by atoms with Gasteiger partial charge in [0.25, 0.3) is 5.91 Å². The highest BCUT2D eigenvalue weighted by Crippen LogP contribution is 2.23. The van der Waals surface area contributed by atoms with Crippen molar-refractivity contribution in [3.05, 3.63) is 32.3 Å². The molecule has 2 rings (SSSR count). The first-order valence-electron chi connectivity index (χ1n) is 4.53. The topological polar surface area (TPSA) is 62.1 Å². The lowest BCUT2D eigenvalue weighted by molar-refractivity contribution is 0.0934. The predicted octanol–water partition coefficient (Wildman–Crippen LogP) is 2.40. The van der Waals surface area contributed by atoms with Crippen molar-refractivity contribution in [2.45, 2.75) is 6.42 Å². The molecule has 0 unspecified atom stereocenters. The van der Waals surface area contributed by atoms with Crippen LogP contribution in [0.15, 0.2) is 27.4 Å². The van der Waals surface area contributed by atoms with Gasteiger partial charge in [-0.15, -0.1) is 11.3 Å². The lowest BCUT2D eigenvalue weighted by Gasteiger charge is -2.04. The number of ether oxygens (including phenoxy) is 1. The van der Waals surface area contributed by atoms with Gasteiger partial charge in [-0.2, -0.15) is 5.26 Å². The first-order chi connectivity index (χ1) is 7.70. The van der Waals surface area contributed by atoms with Gasteiger partial charge in [0.1, 0.15) is 6.07 Å². The molecule has 1 N–H and O–H groups in total. The van der Waals surface area contributed by atoms with E-state index < -0.39 is 0 Å². The summed E-state index contributed by atoms with van der Waals surface area (Å²) < 4.78 is 6.06. The molecule has 1 aliphatic rings. The summed E-state index contributed by atoms with van der Waals surface area (Å²) in [5.74, 6) is 0.0392. The summed E-state index contributed by atoms with van der Waals surface area (Å²) >= 11 is 4.61. The highest BCUT2D eigenvalue weighted by atomic mass is 79.9. The Labute approximate surface area is 105 Å². The number of hydrogen-bond acceptors (Lipinski definition) is 4. The van der Waals surface area contributed by atoms with Crippen LogP contribution >= 0.6 is 27.3 Å². The molecule has 0 aromatic carbocycles. The van der Waals surface area contributed by atoms with E-state index in [2.05, 4.69) is 21.2 Å². The van der Waals surface area contributed by atoms with Crippen molar-refractivity contribution in [1.82, 2.24) is 5.32 Å². The second kappa shape index (κ2) is 4.68. The van der Waals surface area contributed by atoms with Gasteiger partial charge in [-0.25, -0.2) is 0 Å². The van der Waals surface area contributed by atoms with E-state index in [1.54, 1.807) is 12.1 Å². The molecule has 0 fully saturated rings. The molecular weight excluding hydrogens is 292 g/mol. The Balaban J connectivity index is 2.11. The quantitative estimate of drug-likeness (QED) is 0.912. The highest BCUT2D eigenvalue weighted by Gasteiger charge is 2.19. The minimum Gasteiger partial charge on any atom is -0.478 e. The summed E-state index contributed by atoms with van der Waals surface area (Å²) in [6.45, 7) is 0.451. The maximum Gasteiger partial charge on any atom is 0.268 e. The number of rotatable bonds is 2. The Morgan fingerprint density at radius 3 is 3.06 bits per heavy atom. The zero-order valence-corrected chi connectivity index (χ0v) is 10.5. The van der Waals surface area contributed by atoms with Gasteiger partial charge in [0.05, 0.1) is 20.8 Å². The van der Waals surface area contributed by atoms with E-state index >= 15 is 0 Å². The third-order valence-electron chi connectivity index (χ3n) is 2.03. The number of carbonyl (C=O) groups is 1. The summed E-state index contributed by atoms with van der Waals surface area (Å²) in [6.07, 6.45) is 0.556. The molecule has 0 radical (unpaired) electrons. The molecule has 4 nitrogen and oxygen atoms in total. The maximum absolute atomic E-state index is 11.7. The number of hydrogen-bond donors (Lipinski definition) is 1. The van der Waals surface area contributed by atoms with Crippen molar-refractivity contribution in [1.29, 1.82) is 5.26 Å². The Morgan fingerprint density at radius 2 is 2.44 bits per heavy atom. The lowest BCUT2D eigenvalue weighted by atomic mass is 10.2. The first-order valence-corrected chi connectivity index (χ1v) is 6.14. The van der Waals surface area contributed by atoms with Crippen LogP contribution in [0.4, 0.5) is 0 Å². The maximum atomic E-state index is 11.7. The average molecular weight is 299 g/mol. The Hall–Kier alpha value is -1.32. The molecule has 0 atom stereocenters. The van der Waals surface area contributed by atoms with Gasteiger partial charge in [-0.3, -0.25) is 10.1 Å². The van der Waals surface area contributed by atoms with Gasteiger partial charge in [0.15, 0.2) is 0 Å². The monoisotopic (exact) mass is 298 g/mol. The number of halogens is 1. The number of amides is 1. The van der Waals surface area contributed by atoms with E-state index in [4.69, 9.17) is 10.00 Å². The normalized spacial score (nSPS) is 14.5. The summed E-state index contributed by atoms with van der Waals surface area (Å²) in [5, 5.41) is 11.4. The van der Waals surface area contributed by atoms with Crippen LogP contribution in [-0.2, 0) is 4.74 Å². The third kappa shape index (κ3) is 2.26. The van der Waals surface area contributed by atoms with Crippen molar-refractivity contribution in [3.8, 4) is 6.07 Å². The Morgan fingerprint density at radius 1 is 1.62 bits per heavy atom. The number of nitrogens with zero attached hydrogens (tertiary/aromatic N) is 1. The number of thiophene rings is 1. The fourth-order valence-electron chi connectivity index (χ4n) is 1.28. The van der Waals surface area contributed by atoms with Crippen LogP contribution in [0.2, 0.25) is 0 Å². The van der Waals surface area contributed by atoms with Crippen LogP contribution in [0.25, 0.3) is 0 Å². The largest absolute Gasteiger partial charge is 0.478 e. The number of nitriles is 1. The highest BCUT2D eigenvalue weighted by molar-refractivity contribution is 9.11. The zero-order valence-electron chi connectivity index (χ0n) is 8.12. The van der Waals surface area contributed by atoms with Gasteiger partial charge in [-0.1, -0.05) is 0 Å². The number of nitrogens with one attached hydrogen (secondary N) is 1. The predicted molar refractivity (Wildman–Crippen MR) is 62.7 cm³/mol. The standard InChI is InChI=1S/C10H7BrN2O2S/c11-8-2-1-7(16-8)9(14)13-10-6(5-12)3-4-15-10/h1-2H,3-4H2,(H,13,14). The Kier molecular flexibility index (Phi) is 3.27. The SMILES string of the molecule is N#CC1=C(NC(=O)c2ccc(Br)s2)OCC1. The van der Waals surface area contributed by atoms with Crippen LogP contribution < -0.4 is 5.32 Å². The lowest BCUT2D eigenvalue weighted by Crippen LogP contribution is -2.22. The molecule has 0 saturated carbocycles. The average Bonchev–Trinajstić information content (AvgIpc) is 2.86. The molecule has 16 heavy (non-hydrogen) atoms. The van der Waals surface area contributed by atoms with E-state index in [1.165, 1.54) is 11.3 Å². The Bertz CT molecular complexity index is 501. The van der Waals surface area contributed by atoms with Crippen molar-refractivity contribution in [2.24, 2.45) is 0 Å². The van der Waals surface area contributed by atoms with Crippen LogP contribution in [0.1, 0.15) is 16.1 Å². The van der Waals surface area contributed by atoms with Crippen molar-refractivity contribution >= 4 is 33.2 Å². The minimum absolute atomic E-state index is 0.250. The van der Waals surface area contributed by atoms with Crippen molar-refractivity contribution < 1.29 is 9.53 Å². The van der Waals surface area contributed by atoms with Crippen molar-refractivity contribution in [3.63, 3.8) is 0 Å². The second-order valence-corrected chi connectivity index (χ2v) is 5.54. The molecule has 2 heterocycles. The first kappa shape index (κ1) is 11.2. The van der Waals surface area contributed by atoms with Crippen LogP contribution in [0, 0.1) is 11.3 Å². The van der Waals surface area contributed by atoms with Gasteiger partial charge in [0.2, 0.25) is 5.88 Å². The summed E-state index contributed by atoms with van der Waals surface area (Å²) in [7, 11) is 0.